The third kappa shape index (κ3) is 67.4. The molecule has 0 aliphatic carbocycles. The molecule has 0 bridgehead atoms. The molecule has 0 aliphatic rings. The lowest BCUT2D eigenvalue weighted by molar-refractivity contribution is -0.327. The second-order valence-corrected chi connectivity index (χ2v) is 4.68. The number of carbonyl (C=O) groups excluding carboxylic acids is 4. The molecular formula is C17H36N2O7. The number of Topliss-reactive ketones (excluding diaryl/α,β-unsaturated/α-hetero) is 1. The van der Waals surface area contributed by atoms with Crippen LogP contribution in [0.2, 0.25) is 0 Å². The van der Waals surface area contributed by atoms with Crippen molar-refractivity contribution in [3.05, 3.63) is 0 Å². The quantitative estimate of drug-likeness (QED) is 0.228. The molecule has 0 radical (unpaired) electrons. The maximum Gasteiger partial charge on any atom is 0.304 e. The standard InChI is InChI=1S/C5H10N2O2.C5H10O4.C4H8O.C3H8/c1-4(8)6-3-7-5(2)9;1-3-8-9-4-7-5(2)6;1-3-4(2)5;1-3-2/h3H2,1-2H3,(H,6,8)(H,7,9);3-4H2,1-2H3;3H2,1-2H3;3H2,1-2H3. The number of esters is 1. The highest BCUT2D eigenvalue weighted by Gasteiger charge is 1.90. The van der Waals surface area contributed by atoms with Crippen LogP contribution in [0, 0.1) is 0 Å². The molecule has 9 heteroatoms. The molecule has 0 rings (SSSR count). The predicted octanol–water partition coefficient (Wildman–Crippen LogP) is 2.09. The van der Waals surface area contributed by atoms with Gasteiger partial charge in [-0.15, -0.1) is 0 Å². The second-order valence-electron chi connectivity index (χ2n) is 4.68. The summed E-state index contributed by atoms with van der Waals surface area (Å²) in [5, 5.41) is 4.81. The molecule has 0 saturated carbocycles. The van der Waals surface area contributed by atoms with Gasteiger partial charge in [0.1, 0.15) is 5.78 Å². The lowest BCUT2D eigenvalue weighted by Crippen LogP contribution is -2.34. The van der Waals surface area contributed by atoms with E-state index < -0.39 is 0 Å². The van der Waals surface area contributed by atoms with E-state index in [0.717, 1.165) is 0 Å². The van der Waals surface area contributed by atoms with Gasteiger partial charge >= 0.3 is 5.97 Å². The number of ketones is 1. The average Bonchev–Trinajstić information content (AvgIpc) is 2.52. The van der Waals surface area contributed by atoms with Gasteiger partial charge in [-0.25, -0.2) is 4.89 Å². The Morgan fingerprint density at radius 2 is 1.15 bits per heavy atom. The first-order valence-corrected chi connectivity index (χ1v) is 8.44. The van der Waals surface area contributed by atoms with E-state index in [1.807, 2.05) is 6.92 Å². The van der Waals surface area contributed by atoms with Gasteiger partial charge in [-0.05, 0) is 13.8 Å². The van der Waals surface area contributed by atoms with Crippen LogP contribution in [0.15, 0.2) is 0 Å². The summed E-state index contributed by atoms with van der Waals surface area (Å²) in [6, 6.07) is 0. The highest BCUT2D eigenvalue weighted by atomic mass is 17.2. The van der Waals surface area contributed by atoms with Crippen molar-refractivity contribution in [3.8, 4) is 0 Å². The largest absolute Gasteiger partial charge is 0.436 e. The highest BCUT2D eigenvalue weighted by molar-refractivity contribution is 5.75. The van der Waals surface area contributed by atoms with Crippen molar-refractivity contribution in [2.45, 2.75) is 68.2 Å². The van der Waals surface area contributed by atoms with Crippen molar-refractivity contribution in [1.29, 1.82) is 0 Å². The SMILES string of the molecule is CC(=O)NCNC(C)=O.CCC.CCC(C)=O.CCOOCOC(C)=O. The van der Waals surface area contributed by atoms with E-state index in [0.29, 0.717) is 13.0 Å². The van der Waals surface area contributed by atoms with Gasteiger partial charge < -0.3 is 20.2 Å². The molecule has 2 amide bonds. The zero-order valence-corrected chi connectivity index (χ0v) is 17.4. The van der Waals surface area contributed by atoms with E-state index in [2.05, 4.69) is 39.0 Å². The van der Waals surface area contributed by atoms with Crippen LogP contribution in [-0.4, -0.2) is 43.6 Å². The van der Waals surface area contributed by atoms with E-state index in [1.54, 1.807) is 13.8 Å². The molecule has 0 aliphatic heterocycles. The Balaban J connectivity index is -0.000000134. The van der Waals surface area contributed by atoms with Gasteiger partial charge in [0, 0.05) is 27.2 Å². The minimum Gasteiger partial charge on any atom is -0.436 e. The Labute approximate surface area is 157 Å². The minimum atomic E-state index is -0.380. The zero-order valence-electron chi connectivity index (χ0n) is 17.4. The first-order chi connectivity index (χ1) is 12.1. The number of hydrogen-bond donors (Lipinski definition) is 2. The molecule has 2 N–H and O–H groups in total. The van der Waals surface area contributed by atoms with E-state index in [4.69, 9.17) is 0 Å². The van der Waals surface area contributed by atoms with Crippen LogP contribution in [0.1, 0.15) is 68.2 Å². The summed E-state index contributed by atoms with van der Waals surface area (Å²) < 4.78 is 4.36. The Morgan fingerprint density at radius 3 is 1.38 bits per heavy atom. The van der Waals surface area contributed by atoms with Crippen LogP contribution in [0.4, 0.5) is 0 Å². The summed E-state index contributed by atoms with van der Waals surface area (Å²) in [5.41, 5.74) is 0. The second kappa shape index (κ2) is 27.8. The molecule has 0 spiro atoms. The number of amides is 2. The van der Waals surface area contributed by atoms with E-state index >= 15 is 0 Å². The maximum atomic E-state index is 10.2. The first kappa shape index (κ1) is 31.7. The van der Waals surface area contributed by atoms with Gasteiger partial charge in [-0.3, -0.25) is 14.4 Å². The fourth-order valence-electron chi connectivity index (χ4n) is 0.518. The van der Waals surface area contributed by atoms with Crippen molar-refractivity contribution in [2.75, 3.05) is 20.1 Å². The average molecular weight is 380 g/mol. The number of carbonyl (C=O) groups is 4. The molecule has 0 aromatic carbocycles. The van der Waals surface area contributed by atoms with Gasteiger partial charge in [0.15, 0.2) is 0 Å². The predicted molar refractivity (Wildman–Crippen MR) is 98.8 cm³/mol. The van der Waals surface area contributed by atoms with Gasteiger partial charge in [-0.2, -0.15) is 4.89 Å². The number of rotatable bonds is 7. The summed E-state index contributed by atoms with van der Waals surface area (Å²) in [6.07, 6.45) is 1.92. The maximum absolute atomic E-state index is 10.2. The molecule has 0 fully saturated rings. The van der Waals surface area contributed by atoms with E-state index in [1.165, 1.54) is 27.2 Å². The number of nitrogens with one attached hydrogen (secondary N) is 2. The topological polar surface area (TPSA) is 120 Å². The Kier molecular flexibility index (Phi) is 34.0. The first-order valence-electron chi connectivity index (χ1n) is 8.44. The summed E-state index contributed by atoms with van der Waals surface area (Å²) in [6.45, 7) is 14.1. The van der Waals surface area contributed by atoms with Gasteiger partial charge in [0.25, 0.3) is 0 Å². The fourth-order valence-corrected chi connectivity index (χ4v) is 0.518. The molecule has 0 saturated heterocycles. The van der Waals surface area contributed by atoms with Crippen LogP contribution >= 0.6 is 0 Å². The lowest BCUT2D eigenvalue weighted by Gasteiger charge is -2.00. The number of hydrogen-bond acceptors (Lipinski definition) is 7. The lowest BCUT2D eigenvalue weighted by atomic mass is 10.4. The van der Waals surface area contributed by atoms with Crippen molar-refractivity contribution in [3.63, 3.8) is 0 Å². The molecule has 156 valence electrons. The molecule has 0 heterocycles. The molecule has 0 atom stereocenters. The van der Waals surface area contributed by atoms with E-state index in [9.17, 15) is 19.2 Å². The molecule has 9 nitrogen and oxygen atoms in total. The van der Waals surface area contributed by atoms with Crippen molar-refractivity contribution >= 4 is 23.6 Å². The van der Waals surface area contributed by atoms with Gasteiger partial charge in [0.2, 0.25) is 18.6 Å². The monoisotopic (exact) mass is 380 g/mol. The van der Waals surface area contributed by atoms with Crippen LogP contribution in [0.25, 0.3) is 0 Å². The smallest absolute Gasteiger partial charge is 0.304 e. The molecule has 0 aromatic heterocycles. The highest BCUT2D eigenvalue weighted by Crippen LogP contribution is 1.80. The van der Waals surface area contributed by atoms with Crippen LogP contribution in [-0.2, 0) is 33.7 Å². The number of ether oxygens (including phenoxy) is 1. The zero-order chi connectivity index (χ0) is 21.4. The summed E-state index contributed by atoms with van der Waals surface area (Å²) in [5.74, 6) is -0.424. The normalized spacial score (nSPS) is 8.15. The van der Waals surface area contributed by atoms with Crippen molar-refractivity contribution < 1.29 is 33.7 Å². The van der Waals surface area contributed by atoms with Crippen LogP contribution in [0.3, 0.4) is 0 Å². The van der Waals surface area contributed by atoms with Crippen molar-refractivity contribution in [2.24, 2.45) is 0 Å². The molecule has 0 aromatic rings. The summed E-state index contributed by atoms with van der Waals surface area (Å²) in [7, 11) is 0. The minimum absolute atomic E-state index is 0.136. The molecular weight excluding hydrogens is 344 g/mol. The van der Waals surface area contributed by atoms with Crippen molar-refractivity contribution in [1.82, 2.24) is 10.6 Å². The Morgan fingerprint density at radius 1 is 0.769 bits per heavy atom. The summed E-state index contributed by atoms with van der Waals surface area (Å²) in [4.78, 5) is 48.9. The fraction of sp³-hybridized carbons (Fsp3) is 0.765. The Hall–Kier alpha value is -2.00. The van der Waals surface area contributed by atoms with Gasteiger partial charge in [0.05, 0.1) is 13.3 Å². The van der Waals surface area contributed by atoms with Crippen LogP contribution < -0.4 is 10.6 Å². The third-order valence-electron chi connectivity index (χ3n) is 1.68. The third-order valence-corrected chi connectivity index (χ3v) is 1.68. The Bertz CT molecular complexity index is 347. The van der Waals surface area contributed by atoms with E-state index in [-0.39, 0.29) is 37.0 Å². The molecule has 26 heavy (non-hydrogen) atoms. The van der Waals surface area contributed by atoms with Gasteiger partial charge in [-0.1, -0.05) is 27.2 Å². The van der Waals surface area contributed by atoms with Crippen LogP contribution in [0.5, 0.6) is 0 Å². The summed E-state index contributed by atoms with van der Waals surface area (Å²) >= 11 is 0. The molecule has 0 unspecified atom stereocenters.